The molecule has 1 atom stereocenters. The number of carbonyl (C=O) groups is 1. The number of ether oxygens (including phenoxy) is 2. The lowest BCUT2D eigenvalue weighted by Gasteiger charge is -2.14. The maximum Gasteiger partial charge on any atom is 0.260 e. The molecule has 5 heteroatoms. The molecule has 118 valence electrons. The fourth-order valence-electron chi connectivity index (χ4n) is 1.74. The number of carbonyl (C=O) groups excluding carboxylic acids is 1. The van der Waals surface area contributed by atoms with E-state index in [1.165, 1.54) is 5.56 Å². The zero-order valence-electron chi connectivity index (χ0n) is 13.1. The Hall–Kier alpha value is -1.59. The molecule has 5 nitrogen and oxygen atoms in total. The Kier molecular flexibility index (Phi) is 8.47. The molecule has 0 bridgehead atoms. The number of benzene rings is 1. The smallest absolute Gasteiger partial charge is 0.260 e. The first-order valence-electron chi connectivity index (χ1n) is 7.40. The van der Waals surface area contributed by atoms with E-state index in [1.54, 1.807) is 14.0 Å². The van der Waals surface area contributed by atoms with Crippen molar-refractivity contribution in [1.82, 2.24) is 10.6 Å². The molecule has 0 aliphatic heterocycles. The van der Waals surface area contributed by atoms with Crippen LogP contribution in [-0.2, 0) is 16.1 Å². The molecule has 1 amide bonds. The molecule has 1 rings (SSSR count). The third kappa shape index (κ3) is 7.11. The summed E-state index contributed by atoms with van der Waals surface area (Å²) in [4.78, 5) is 11.7. The van der Waals surface area contributed by atoms with Crippen molar-refractivity contribution < 1.29 is 14.3 Å². The standard InChI is InChI=1S/C16H26N2O3/c1-4-9-18-16(19)13(2)21-15-7-5-14(6-8-15)12-17-10-11-20-3/h5-8,13,17H,4,9-12H2,1-3H3,(H,18,19). The first-order valence-corrected chi connectivity index (χ1v) is 7.40. The fraction of sp³-hybridized carbons (Fsp3) is 0.562. The van der Waals surface area contributed by atoms with Gasteiger partial charge in [0.1, 0.15) is 5.75 Å². The van der Waals surface area contributed by atoms with E-state index in [1.807, 2.05) is 31.2 Å². The minimum Gasteiger partial charge on any atom is -0.481 e. The van der Waals surface area contributed by atoms with Crippen LogP contribution in [0, 0.1) is 0 Å². The van der Waals surface area contributed by atoms with Gasteiger partial charge < -0.3 is 20.1 Å². The van der Waals surface area contributed by atoms with Crippen molar-refractivity contribution >= 4 is 5.91 Å². The summed E-state index contributed by atoms with van der Waals surface area (Å²) in [5.74, 6) is 0.622. The number of amides is 1. The highest BCUT2D eigenvalue weighted by Crippen LogP contribution is 2.14. The summed E-state index contributed by atoms with van der Waals surface area (Å²) in [7, 11) is 1.69. The Bertz CT molecular complexity index is 406. The second-order valence-electron chi connectivity index (χ2n) is 4.86. The van der Waals surface area contributed by atoms with E-state index in [-0.39, 0.29) is 5.91 Å². The third-order valence-electron chi connectivity index (χ3n) is 2.97. The van der Waals surface area contributed by atoms with Crippen LogP contribution in [0.2, 0.25) is 0 Å². The van der Waals surface area contributed by atoms with Crippen LogP contribution in [0.1, 0.15) is 25.8 Å². The molecule has 0 radical (unpaired) electrons. The van der Waals surface area contributed by atoms with Gasteiger partial charge in [0.2, 0.25) is 0 Å². The van der Waals surface area contributed by atoms with Gasteiger partial charge in [-0.1, -0.05) is 19.1 Å². The van der Waals surface area contributed by atoms with Crippen molar-refractivity contribution in [3.05, 3.63) is 29.8 Å². The van der Waals surface area contributed by atoms with Crippen molar-refractivity contribution in [2.45, 2.75) is 32.9 Å². The minimum absolute atomic E-state index is 0.0813. The lowest BCUT2D eigenvalue weighted by molar-refractivity contribution is -0.127. The minimum atomic E-state index is -0.484. The van der Waals surface area contributed by atoms with Gasteiger partial charge in [-0.25, -0.2) is 0 Å². The maximum atomic E-state index is 11.7. The van der Waals surface area contributed by atoms with Gasteiger partial charge in [-0.15, -0.1) is 0 Å². The summed E-state index contributed by atoms with van der Waals surface area (Å²) in [5.41, 5.74) is 1.17. The number of methoxy groups -OCH3 is 1. The summed E-state index contributed by atoms with van der Waals surface area (Å²) in [6.45, 7) is 6.76. The Morgan fingerprint density at radius 2 is 1.95 bits per heavy atom. The van der Waals surface area contributed by atoms with Crippen molar-refractivity contribution in [3.63, 3.8) is 0 Å². The predicted molar refractivity (Wildman–Crippen MR) is 83.4 cm³/mol. The largest absolute Gasteiger partial charge is 0.481 e. The monoisotopic (exact) mass is 294 g/mol. The topological polar surface area (TPSA) is 59.6 Å². The maximum absolute atomic E-state index is 11.7. The second kappa shape index (κ2) is 10.2. The Labute approximate surface area is 127 Å². The van der Waals surface area contributed by atoms with E-state index < -0.39 is 6.10 Å². The molecular formula is C16H26N2O3. The molecule has 0 heterocycles. The van der Waals surface area contributed by atoms with E-state index in [9.17, 15) is 4.79 Å². The molecule has 0 spiro atoms. The van der Waals surface area contributed by atoms with Crippen LogP contribution >= 0.6 is 0 Å². The van der Waals surface area contributed by atoms with Crippen LogP contribution in [-0.4, -0.2) is 38.8 Å². The Balaban J connectivity index is 2.37. The zero-order chi connectivity index (χ0) is 15.5. The quantitative estimate of drug-likeness (QED) is 0.645. The third-order valence-corrected chi connectivity index (χ3v) is 2.97. The highest BCUT2D eigenvalue weighted by atomic mass is 16.5. The summed E-state index contributed by atoms with van der Waals surface area (Å²) in [6, 6.07) is 7.76. The van der Waals surface area contributed by atoms with E-state index in [0.717, 1.165) is 19.5 Å². The zero-order valence-corrected chi connectivity index (χ0v) is 13.1. The SMILES string of the molecule is CCCNC(=O)C(C)Oc1ccc(CNCCOC)cc1. The number of rotatable bonds is 10. The second-order valence-corrected chi connectivity index (χ2v) is 4.86. The average molecular weight is 294 g/mol. The van der Waals surface area contributed by atoms with Crippen LogP contribution in [0.25, 0.3) is 0 Å². The lowest BCUT2D eigenvalue weighted by atomic mass is 10.2. The Morgan fingerprint density at radius 1 is 1.24 bits per heavy atom. The van der Waals surface area contributed by atoms with E-state index in [2.05, 4.69) is 10.6 Å². The first-order chi connectivity index (χ1) is 10.2. The first kappa shape index (κ1) is 17.5. The molecule has 0 fully saturated rings. The fourth-order valence-corrected chi connectivity index (χ4v) is 1.74. The highest BCUT2D eigenvalue weighted by Gasteiger charge is 2.13. The molecule has 1 aromatic rings. The summed E-state index contributed by atoms with van der Waals surface area (Å²) in [5, 5.41) is 6.09. The molecule has 1 unspecified atom stereocenters. The molecule has 2 N–H and O–H groups in total. The van der Waals surface area contributed by atoms with Gasteiger partial charge in [-0.3, -0.25) is 4.79 Å². The van der Waals surface area contributed by atoms with Crippen LogP contribution < -0.4 is 15.4 Å². The Morgan fingerprint density at radius 3 is 2.57 bits per heavy atom. The van der Waals surface area contributed by atoms with E-state index >= 15 is 0 Å². The van der Waals surface area contributed by atoms with Crippen LogP contribution in [0.15, 0.2) is 24.3 Å². The molecule has 0 saturated heterocycles. The molecule has 1 aromatic carbocycles. The molecule has 21 heavy (non-hydrogen) atoms. The number of hydrogen-bond acceptors (Lipinski definition) is 4. The predicted octanol–water partition coefficient (Wildman–Crippen LogP) is 1.72. The molecule has 0 aliphatic carbocycles. The van der Waals surface area contributed by atoms with Crippen LogP contribution in [0.5, 0.6) is 5.75 Å². The van der Waals surface area contributed by atoms with E-state index in [4.69, 9.17) is 9.47 Å². The highest BCUT2D eigenvalue weighted by molar-refractivity contribution is 5.80. The normalized spacial score (nSPS) is 12.0. The van der Waals surface area contributed by atoms with Gasteiger partial charge in [0.25, 0.3) is 5.91 Å². The van der Waals surface area contributed by atoms with Crippen molar-refractivity contribution in [3.8, 4) is 5.75 Å². The van der Waals surface area contributed by atoms with Crippen molar-refractivity contribution in [2.75, 3.05) is 26.8 Å². The average Bonchev–Trinajstić information content (AvgIpc) is 2.50. The van der Waals surface area contributed by atoms with Gasteiger partial charge in [-0.05, 0) is 31.0 Å². The summed E-state index contributed by atoms with van der Waals surface area (Å²) >= 11 is 0. The molecule has 0 saturated carbocycles. The van der Waals surface area contributed by atoms with Crippen LogP contribution in [0.3, 0.4) is 0 Å². The lowest BCUT2D eigenvalue weighted by Crippen LogP contribution is -2.36. The number of hydrogen-bond donors (Lipinski definition) is 2. The molecular weight excluding hydrogens is 268 g/mol. The van der Waals surface area contributed by atoms with Gasteiger partial charge in [0.05, 0.1) is 6.61 Å². The number of nitrogens with one attached hydrogen (secondary N) is 2. The van der Waals surface area contributed by atoms with Gasteiger partial charge >= 0.3 is 0 Å². The van der Waals surface area contributed by atoms with Gasteiger partial charge in [-0.2, -0.15) is 0 Å². The summed E-state index contributed by atoms with van der Waals surface area (Å²) < 4.78 is 10.6. The van der Waals surface area contributed by atoms with Gasteiger partial charge in [0, 0.05) is 26.7 Å². The molecule has 0 aliphatic rings. The molecule has 0 aromatic heterocycles. The van der Waals surface area contributed by atoms with Crippen molar-refractivity contribution in [2.24, 2.45) is 0 Å². The van der Waals surface area contributed by atoms with Gasteiger partial charge in [0.15, 0.2) is 6.10 Å². The van der Waals surface area contributed by atoms with Crippen LogP contribution in [0.4, 0.5) is 0 Å². The van der Waals surface area contributed by atoms with E-state index in [0.29, 0.717) is 18.9 Å². The summed E-state index contributed by atoms with van der Waals surface area (Å²) in [6.07, 6.45) is 0.436. The van der Waals surface area contributed by atoms with Crippen molar-refractivity contribution in [1.29, 1.82) is 0 Å².